The minimum absolute atomic E-state index is 0.248. The van der Waals surface area contributed by atoms with Crippen molar-refractivity contribution in [3.8, 4) is 5.75 Å². The van der Waals surface area contributed by atoms with E-state index in [0.717, 1.165) is 44.9 Å². The fraction of sp³-hybridized carbons (Fsp3) is 0.611. The average Bonchev–Trinajstić information content (AvgIpc) is 2.58. The molecular weight excluding hydrogens is 278 g/mol. The normalized spacial score (nSPS) is 18.2. The van der Waals surface area contributed by atoms with Gasteiger partial charge in [-0.3, -0.25) is 4.79 Å². The first-order chi connectivity index (χ1) is 10.8. The summed E-state index contributed by atoms with van der Waals surface area (Å²) in [4.78, 5) is 14.3. The number of nitrogens with zero attached hydrogens (tertiary/aromatic N) is 1. The van der Waals surface area contributed by atoms with Gasteiger partial charge in [0.15, 0.2) is 0 Å². The maximum Gasteiger partial charge on any atom is 0.222 e. The standard InChI is InChI=1S/C18H27NO3/c1-2-21-15-16-8-6-12-19(14-16)18(20)11-7-13-22-17-9-4-3-5-10-17/h3-5,9-10,16H,2,6-8,11-15H2,1H3. The Kier molecular flexibility index (Phi) is 7.23. The predicted octanol–water partition coefficient (Wildman–Crippen LogP) is 3.12. The van der Waals surface area contributed by atoms with Crippen molar-refractivity contribution in [2.75, 3.05) is 32.9 Å². The first-order valence-electron chi connectivity index (χ1n) is 8.33. The van der Waals surface area contributed by atoms with E-state index in [1.54, 1.807) is 0 Å². The minimum Gasteiger partial charge on any atom is -0.494 e. The van der Waals surface area contributed by atoms with Crippen LogP contribution in [0.2, 0.25) is 0 Å². The van der Waals surface area contributed by atoms with Gasteiger partial charge in [-0.15, -0.1) is 0 Å². The SMILES string of the molecule is CCOCC1CCCN(C(=O)CCCOc2ccccc2)C1. The van der Waals surface area contributed by atoms with Gasteiger partial charge in [-0.25, -0.2) is 0 Å². The topological polar surface area (TPSA) is 38.8 Å². The molecule has 22 heavy (non-hydrogen) atoms. The van der Waals surface area contributed by atoms with Gasteiger partial charge >= 0.3 is 0 Å². The molecule has 1 unspecified atom stereocenters. The lowest BCUT2D eigenvalue weighted by Gasteiger charge is -2.32. The molecule has 0 aromatic heterocycles. The van der Waals surface area contributed by atoms with Crippen molar-refractivity contribution < 1.29 is 14.3 Å². The van der Waals surface area contributed by atoms with E-state index in [1.807, 2.05) is 42.2 Å². The van der Waals surface area contributed by atoms with Crippen molar-refractivity contribution in [3.05, 3.63) is 30.3 Å². The molecule has 0 bridgehead atoms. The average molecular weight is 305 g/mol. The molecule has 122 valence electrons. The van der Waals surface area contributed by atoms with Crippen LogP contribution in [0, 0.1) is 5.92 Å². The molecule has 1 aliphatic heterocycles. The van der Waals surface area contributed by atoms with Crippen LogP contribution in [-0.4, -0.2) is 43.7 Å². The first-order valence-corrected chi connectivity index (χ1v) is 8.33. The molecule has 4 heteroatoms. The summed E-state index contributed by atoms with van der Waals surface area (Å²) in [5, 5.41) is 0. The van der Waals surface area contributed by atoms with E-state index >= 15 is 0 Å². The predicted molar refractivity (Wildman–Crippen MR) is 87.0 cm³/mol. The van der Waals surface area contributed by atoms with E-state index in [0.29, 0.717) is 18.9 Å². The summed E-state index contributed by atoms with van der Waals surface area (Å²) >= 11 is 0. The van der Waals surface area contributed by atoms with Gasteiger partial charge in [-0.05, 0) is 44.2 Å². The third-order valence-corrected chi connectivity index (χ3v) is 3.98. The number of carbonyl (C=O) groups excluding carboxylic acids is 1. The lowest BCUT2D eigenvalue weighted by atomic mass is 9.98. The molecule has 1 atom stereocenters. The summed E-state index contributed by atoms with van der Waals surface area (Å²) in [6.45, 7) is 5.86. The third kappa shape index (κ3) is 5.68. The monoisotopic (exact) mass is 305 g/mol. The molecule has 4 nitrogen and oxygen atoms in total. The van der Waals surface area contributed by atoms with E-state index < -0.39 is 0 Å². The van der Waals surface area contributed by atoms with Gasteiger partial charge in [0.05, 0.1) is 13.2 Å². The molecule has 1 amide bonds. The molecule has 1 heterocycles. The fourth-order valence-electron chi connectivity index (χ4n) is 2.80. The molecule has 1 fully saturated rings. The van der Waals surface area contributed by atoms with Gasteiger partial charge in [-0.2, -0.15) is 0 Å². The molecule has 1 aromatic rings. The van der Waals surface area contributed by atoms with Gasteiger partial charge in [0.1, 0.15) is 5.75 Å². The van der Waals surface area contributed by atoms with Gasteiger partial charge in [-0.1, -0.05) is 18.2 Å². The summed E-state index contributed by atoms with van der Waals surface area (Å²) in [6.07, 6.45) is 3.58. The Morgan fingerprint density at radius 2 is 2.14 bits per heavy atom. The smallest absolute Gasteiger partial charge is 0.222 e. The van der Waals surface area contributed by atoms with Crippen molar-refractivity contribution in [1.29, 1.82) is 0 Å². The molecule has 0 spiro atoms. The molecule has 1 saturated heterocycles. The number of piperidine rings is 1. The summed E-state index contributed by atoms with van der Waals surface area (Å²) in [6, 6.07) is 9.74. The highest BCUT2D eigenvalue weighted by Gasteiger charge is 2.23. The molecule has 2 rings (SSSR count). The van der Waals surface area contributed by atoms with Crippen LogP contribution in [-0.2, 0) is 9.53 Å². The highest BCUT2D eigenvalue weighted by Crippen LogP contribution is 2.18. The highest BCUT2D eigenvalue weighted by atomic mass is 16.5. The summed E-state index contributed by atoms with van der Waals surface area (Å²) in [5.74, 6) is 1.61. The van der Waals surface area contributed by atoms with Crippen LogP contribution in [0.15, 0.2) is 30.3 Å². The molecular formula is C18H27NO3. The Balaban J connectivity index is 1.64. The zero-order chi connectivity index (χ0) is 15.6. The fourth-order valence-corrected chi connectivity index (χ4v) is 2.80. The number of carbonyl (C=O) groups is 1. The van der Waals surface area contributed by atoms with Gasteiger partial charge in [0, 0.05) is 26.1 Å². The van der Waals surface area contributed by atoms with Gasteiger partial charge < -0.3 is 14.4 Å². The largest absolute Gasteiger partial charge is 0.494 e. The second kappa shape index (κ2) is 9.46. The summed E-state index contributed by atoms with van der Waals surface area (Å²) in [7, 11) is 0. The quantitative estimate of drug-likeness (QED) is 0.693. The van der Waals surface area contributed by atoms with Crippen LogP contribution in [0.25, 0.3) is 0 Å². The molecule has 0 N–H and O–H groups in total. The van der Waals surface area contributed by atoms with Crippen molar-refractivity contribution in [1.82, 2.24) is 4.90 Å². The zero-order valence-electron chi connectivity index (χ0n) is 13.5. The number of hydrogen-bond acceptors (Lipinski definition) is 3. The molecule has 1 aliphatic rings. The molecule has 0 radical (unpaired) electrons. The van der Waals surface area contributed by atoms with Crippen molar-refractivity contribution in [2.24, 2.45) is 5.92 Å². The van der Waals surface area contributed by atoms with E-state index in [1.165, 1.54) is 6.42 Å². The number of benzene rings is 1. The van der Waals surface area contributed by atoms with Crippen LogP contribution in [0.5, 0.6) is 5.75 Å². The maximum absolute atomic E-state index is 12.3. The lowest BCUT2D eigenvalue weighted by molar-refractivity contribution is -0.133. The maximum atomic E-state index is 12.3. The Morgan fingerprint density at radius 3 is 2.91 bits per heavy atom. The van der Waals surface area contributed by atoms with Gasteiger partial charge in [0.2, 0.25) is 5.91 Å². The van der Waals surface area contributed by atoms with Crippen LogP contribution in [0.3, 0.4) is 0 Å². The van der Waals surface area contributed by atoms with Crippen LogP contribution in [0.1, 0.15) is 32.6 Å². The van der Waals surface area contributed by atoms with E-state index in [-0.39, 0.29) is 5.91 Å². The third-order valence-electron chi connectivity index (χ3n) is 3.98. The number of hydrogen-bond donors (Lipinski definition) is 0. The number of amides is 1. The first kappa shape index (κ1) is 16.8. The van der Waals surface area contributed by atoms with Crippen LogP contribution >= 0.6 is 0 Å². The minimum atomic E-state index is 0.248. The number of para-hydroxylation sites is 1. The molecule has 1 aromatic carbocycles. The summed E-state index contributed by atoms with van der Waals surface area (Å²) < 4.78 is 11.1. The Morgan fingerprint density at radius 1 is 1.32 bits per heavy atom. The number of rotatable bonds is 8. The second-order valence-corrected chi connectivity index (χ2v) is 5.77. The highest BCUT2D eigenvalue weighted by molar-refractivity contribution is 5.76. The Hall–Kier alpha value is -1.55. The summed E-state index contributed by atoms with van der Waals surface area (Å²) in [5.41, 5.74) is 0. The van der Waals surface area contributed by atoms with Crippen molar-refractivity contribution >= 4 is 5.91 Å². The number of likely N-dealkylation sites (tertiary alicyclic amines) is 1. The Labute approximate surface area is 133 Å². The lowest BCUT2D eigenvalue weighted by Crippen LogP contribution is -2.41. The zero-order valence-corrected chi connectivity index (χ0v) is 13.5. The second-order valence-electron chi connectivity index (χ2n) is 5.77. The van der Waals surface area contributed by atoms with Crippen LogP contribution < -0.4 is 4.74 Å². The number of ether oxygens (including phenoxy) is 2. The Bertz CT molecular complexity index is 435. The van der Waals surface area contributed by atoms with E-state index in [4.69, 9.17) is 9.47 Å². The molecule has 0 saturated carbocycles. The van der Waals surface area contributed by atoms with E-state index in [2.05, 4.69) is 0 Å². The van der Waals surface area contributed by atoms with Crippen molar-refractivity contribution in [3.63, 3.8) is 0 Å². The van der Waals surface area contributed by atoms with E-state index in [9.17, 15) is 4.79 Å². The van der Waals surface area contributed by atoms with Crippen LogP contribution in [0.4, 0.5) is 0 Å². The molecule has 0 aliphatic carbocycles. The van der Waals surface area contributed by atoms with Crippen molar-refractivity contribution in [2.45, 2.75) is 32.6 Å². The van der Waals surface area contributed by atoms with Gasteiger partial charge in [0.25, 0.3) is 0 Å².